The molecule has 7 heteroatoms. The second-order valence-corrected chi connectivity index (χ2v) is 6.81. The molecule has 7 nitrogen and oxygen atoms in total. The van der Waals surface area contributed by atoms with Crippen LogP contribution in [0.5, 0.6) is 0 Å². The van der Waals surface area contributed by atoms with E-state index in [4.69, 9.17) is 10.00 Å². The number of likely N-dealkylation sites (N-methyl/N-ethyl adjacent to an activating group) is 1. The van der Waals surface area contributed by atoms with Gasteiger partial charge in [0.1, 0.15) is 5.54 Å². The maximum Gasteiger partial charge on any atom is 0.408 e. The monoisotopic (exact) mass is 311 g/mol. The zero-order chi connectivity index (χ0) is 17.1. The molecule has 22 heavy (non-hydrogen) atoms. The Balaban J connectivity index is 3.19. The number of rotatable bonds is 4. The van der Waals surface area contributed by atoms with E-state index in [1.54, 1.807) is 14.1 Å². The molecule has 0 aromatic rings. The molecule has 2 amide bonds. The first-order chi connectivity index (χ1) is 10.1. The van der Waals surface area contributed by atoms with Gasteiger partial charge in [0.2, 0.25) is 5.91 Å². The molecule has 0 unspecified atom stereocenters. The summed E-state index contributed by atoms with van der Waals surface area (Å²) >= 11 is 0. The Morgan fingerprint density at radius 1 is 1.45 bits per heavy atom. The number of amides is 2. The van der Waals surface area contributed by atoms with Gasteiger partial charge in [0, 0.05) is 20.5 Å². The quantitative estimate of drug-likeness (QED) is 0.795. The molecule has 1 fully saturated rings. The van der Waals surface area contributed by atoms with Gasteiger partial charge in [-0.1, -0.05) is 20.8 Å². The van der Waals surface area contributed by atoms with E-state index in [9.17, 15) is 14.7 Å². The number of hydrogen-bond donors (Lipinski definition) is 1. The van der Waals surface area contributed by atoms with Crippen molar-refractivity contribution in [3.8, 4) is 6.07 Å². The van der Waals surface area contributed by atoms with Crippen molar-refractivity contribution in [1.82, 2.24) is 9.80 Å². The van der Waals surface area contributed by atoms with Crippen LogP contribution in [0.25, 0.3) is 0 Å². The highest BCUT2D eigenvalue weighted by atomic mass is 16.5. The number of likely N-dealkylation sites (tertiary alicyclic amines) is 1. The lowest BCUT2D eigenvalue weighted by atomic mass is 9.70. The van der Waals surface area contributed by atoms with E-state index in [1.165, 1.54) is 9.80 Å². The molecule has 0 bridgehead atoms. The fourth-order valence-corrected chi connectivity index (χ4v) is 3.09. The first-order valence-electron chi connectivity index (χ1n) is 7.28. The molecule has 0 radical (unpaired) electrons. The van der Waals surface area contributed by atoms with Gasteiger partial charge in [-0.3, -0.25) is 9.69 Å². The van der Waals surface area contributed by atoms with Crippen molar-refractivity contribution in [3.63, 3.8) is 0 Å². The molecule has 0 aromatic heterocycles. The van der Waals surface area contributed by atoms with E-state index < -0.39 is 17.0 Å². The van der Waals surface area contributed by atoms with Crippen molar-refractivity contribution in [3.05, 3.63) is 0 Å². The summed E-state index contributed by atoms with van der Waals surface area (Å²) < 4.78 is 5.61. The topological polar surface area (TPSA) is 93.9 Å². The standard InChI is InChI=1S/C15H25N3O4/c1-14(2,3)15(12(19)17(4)5)9-11(22-8-6-7-16)10-18(15)13(20)21/h11H,6,8-10H2,1-5H3,(H,20,21)/t11-,15-/m1/s1. The maximum atomic E-state index is 12.8. The summed E-state index contributed by atoms with van der Waals surface area (Å²) in [6.45, 7) is 5.97. The predicted octanol–water partition coefficient (Wildman–Crippen LogP) is 1.54. The molecule has 1 saturated heterocycles. The number of nitrogens with zero attached hydrogens (tertiary/aromatic N) is 3. The third-order valence-electron chi connectivity index (χ3n) is 4.17. The lowest BCUT2D eigenvalue weighted by Crippen LogP contribution is -2.63. The minimum atomic E-state index is -1.17. The molecular weight excluding hydrogens is 286 g/mol. The number of carbonyl (C=O) groups excluding carboxylic acids is 1. The number of ether oxygens (including phenoxy) is 1. The Labute approximate surface area is 131 Å². The first kappa shape index (κ1) is 18.2. The molecule has 0 aliphatic carbocycles. The second-order valence-electron chi connectivity index (χ2n) is 6.81. The van der Waals surface area contributed by atoms with Crippen molar-refractivity contribution in [2.75, 3.05) is 27.2 Å². The largest absolute Gasteiger partial charge is 0.465 e. The fraction of sp³-hybridized carbons (Fsp3) is 0.800. The molecule has 0 saturated carbocycles. The maximum absolute atomic E-state index is 12.8. The van der Waals surface area contributed by atoms with Crippen molar-refractivity contribution >= 4 is 12.0 Å². The van der Waals surface area contributed by atoms with Crippen LogP contribution in [0.2, 0.25) is 0 Å². The Kier molecular flexibility index (Phi) is 5.41. The van der Waals surface area contributed by atoms with Crippen molar-refractivity contribution in [2.24, 2.45) is 5.41 Å². The normalized spacial score (nSPS) is 24.9. The molecule has 2 atom stereocenters. The van der Waals surface area contributed by atoms with Gasteiger partial charge in [0.05, 0.1) is 31.7 Å². The van der Waals surface area contributed by atoms with Gasteiger partial charge in [-0.05, 0) is 5.41 Å². The molecule has 124 valence electrons. The van der Waals surface area contributed by atoms with Crippen LogP contribution in [0.3, 0.4) is 0 Å². The minimum Gasteiger partial charge on any atom is -0.465 e. The van der Waals surface area contributed by atoms with Gasteiger partial charge in [-0.15, -0.1) is 0 Å². The van der Waals surface area contributed by atoms with Crippen molar-refractivity contribution in [1.29, 1.82) is 5.26 Å². The van der Waals surface area contributed by atoms with Gasteiger partial charge >= 0.3 is 6.09 Å². The Morgan fingerprint density at radius 2 is 2.05 bits per heavy atom. The van der Waals surface area contributed by atoms with E-state index in [0.717, 1.165) is 0 Å². The predicted molar refractivity (Wildman–Crippen MR) is 80.2 cm³/mol. The summed E-state index contributed by atoms with van der Waals surface area (Å²) in [7, 11) is 3.25. The lowest BCUT2D eigenvalue weighted by Gasteiger charge is -2.46. The Hall–Kier alpha value is -1.81. The third-order valence-corrected chi connectivity index (χ3v) is 4.17. The van der Waals surface area contributed by atoms with Gasteiger partial charge in [-0.2, -0.15) is 5.26 Å². The SMILES string of the molecule is CN(C)C(=O)[C@@]1(C(C)(C)C)C[C@@H](OCCC#N)CN1C(=O)O. The van der Waals surface area contributed by atoms with Crippen LogP contribution in [0.4, 0.5) is 4.79 Å². The summed E-state index contributed by atoms with van der Waals surface area (Å²) in [4.78, 5) is 27.2. The number of nitriles is 1. The van der Waals surface area contributed by atoms with Gasteiger partial charge in [0.25, 0.3) is 0 Å². The van der Waals surface area contributed by atoms with Crippen molar-refractivity contribution < 1.29 is 19.4 Å². The minimum absolute atomic E-state index is 0.137. The van der Waals surface area contributed by atoms with E-state index in [1.807, 2.05) is 26.8 Å². The van der Waals surface area contributed by atoms with Gasteiger partial charge in [0.15, 0.2) is 0 Å². The zero-order valence-corrected chi connectivity index (χ0v) is 13.9. The number of carboxylic acid groups (broad SMARTS) is 1. The van der Waals surface area contributed by atoms with Crippen LogP contribution in [0.1, 0.15) is 33.6 Å². The molecule has 1 aliphatic heterocycles. The van der Waals surface area contributed by atoms with Crippen LogP contribution in [0.15, 0.2) is 0 Å². The first-order valence-corrected chi connectivity index (χ1v) is 7.28. The summed E-state index contributed by atoms with van der Waals surface area (Å²) in [5, 5.41) is 18.2. The van der Waals surface area contributed by atoms with E-state index in [2.05, 4.69) is 0 Å². The molecule has 1 N–H and O–H groups in total. The van der Waals surface area contributed by atoms with Crippen LogP contribution >= 0.6 is 0 Å². The zero-order valence-electron chi connectivity index (χ0n) is 13.9. The summed E-state index contributed by atoms with van der Waals surface area (Å²) in [6, 6.07) is 1.99. The summed E-state index contributed by atoms with van der Waals surface area (Å²) in [5.41, 5.74) is -1.75. The highest BCUT2D eigenvalue weighted by Gasteiger charge is 2.60. The van der Waals surface area contributed by atoms with Crippen LogP contribution in [0, 0.1) is 16.7 Å². The van der Waals surface area contributed by atoms with E-state index in [-0.39, 0.29) is 31.6 Å². The molecular formula is C15H25N3O4. The Bertz CT molecular complexity index is 478. The summed E-state index contributed by atoms with van der Waals surface area (Å²) in [5.74, 6) is -0.242. The lowest BCUT2D eigenvalue weighted by molar-refractivity contribution is -0.146. The molecule has 1 heterocycles. The average molecular weight is 311 g/mol. The molecule has 1 rings (SSSR count). The number of hydrogen-bond acceptors (Lipinski definition) is 4. The van der Waals surface area contributed by atoms with Gasteiger partial charge in [-0.25, -0.2) is 4.79 Å². The van der Waals surface area contributed by atoms with Crippen LogP contribution in [-0.4, -0.2) is 65.8 Å². The van der Waals surface area contributed by atoms with E-state index in [0.29, 0.717) is 6.42 Å². The Morgan fingerprint density at radius 3 is 2.45 bits per heavy atom. The second kappa shape index (κ2) is 6.53. The highest BCUT2D eigenvalue weighted by Crippen LogP contribution is 2.45. The average Bonchev–Trinajstić information content (AvgIpc) is 2.78. The van der Waals surface area contributed by atoms with E-state index >= 15 is 0 Å². The fourth-order valence-electron chi connectivity index (χ4n) is 3.09. The molecule has 1 aliphatic rings. The van der Waals surface area contributed by atoms with Crippen molar-refractivity contribution in [2.45, 2.75) is 45.3 Å². The smallest absolute Gasteiger partial charge is 0.408 e. The number of carbonyl (C=O) groups is 2. The van der Waals surface area contributed by atoms with Gasteiger partial charge < -0.3 is 14.7 Å². The highest BCUT2D eigenvalue weighted by molar-refractivity contribution is 5.91. The molecule has 0 aromatic carbocycles. The van der Waals surface area contributed by atoms with Crippen LogP contribution in [-0.2, 0) is 9.53 Å². The molecule has 0 spiro atoms. The summed E-state index contributed by atoms with van der Waals surface area (Å²) in [6.07, 6.45) is -0.969. The third kappa shape index (κ3) is 3.17. The van der Waals surface area contributed by atoms with Crippen LogP contribution < -0.4 is 0 Å².